The maximum absolute atomic E-state index is 13.1. The summed E-state index contributed by atoms with van der Waals surface area (Å²) < 4.78 is 87.7. The molecular formula is C14H13F6NO3. The van der Waals surface area contributed by atoms with Crippen molar-refractivity contribution in [3.8, 4) is 5.75 Å². The van der Waals surface area contributed by atoms with Crippen LogP contribution >= 0.6 is 0 Å². The summed E-state index contributed by atoms with van der Waals surface area (Å²) in [7, 11) is 0. The molecule has 0 aliphatic carbocycles. The molecule has 0 aliphatic heterocycles. The number of alkyl halides is 6. The second-order valence-electron chi connectivity index (χ2n) is 4.45. The van der Waals surface area contributed by atoms with E-state index < -0.39 is 53.2 Å². The summed E-state index contributed by atoms with van der Waals surface area (Å²) in [6.07, 6.45) is -9.37. The zero-order valence-electron chi connectivity index (χ0n) is 12.6. The van der Waals surface area contributed by atoms with Gasteiger partial charge in [-0.1, -0.05) is 12.7 Å². The van der Waals surface area contributed by atoms with Crippen LogP contribution in [0.15, 0.2) is 12.7 Å². The van der Waals surface area contributed by atoms with Crippen molar-refractivity contribution in [2.75, 3.05) is 13.2 Å². The van der Waals surface area contributed by atoms with Gasteiger partial charge in [0, 0.05) is 5.56 Å². The molecule has 4 nitrogen and oxygen atoms in total. The van der Waals surface area contributed by atoms with E-state index in [1.807, 2.05) is 0 Å². The Kier molecular flexibility index (Phi) is 5.85. The summed E-state index contributed by atoms with van der Waals surface area (Å²) in [5.74, 6) is -2.36. The van der Waals surface area contributed by atoms with Gasteiger partial charge in [0.25, 0.3) is 0 Å². The third kappa shape index (κ3) is 4.18. The van der Waals surface area contributed by atoms with E-state index in [1.54, 1.807) is 0 Å². The van der Waals surface area contributed by atoms with Crippen LogP contribution in [0.3, 0.4) is 0 Å². The van der Waals surface area contributed by atoms with Gasteiger partial charge in [0.05, 0.1) is 6.61 Å². The molecule has 0 bridgehead atoms. The monoisotopic (exact) mass is 357 g/mol. The van der Waals surface area contributed by atoms with Crippen LogP contribution in [0.1, 0.15) is 34.2 Å². The Morgan fingerprint density at radius 1 is 1.17 bits per heavy atom. The van der Waals surface area contributed by atoms with E-state index in [9.17, 15) is 31.1 Å². The smallest absolute Gasteiger partial charge is 0.434 e. The SMILES string of the molecule is C=CCOc1c(C)c(C(F)(F)F)nc(C(F)(F)F)c1C(=O)OCC. The van der Waals surface area contributed by atoms with E-state index in [-0.39, 0.29) is 6.61 Å². The number of nitrogens with zero attached hydrogens (tertiary/aromatic N) is 1. The molecule has 134 valence electrons. The van der Waals surface area contributed by atoms with Gasteiger partial charge >= 0.3 is 18.3 Å². The van der Waals surface area contributed by atoms with Gasteiger partial charge in [-0.2, -0.15) is 26.3 Å². The van der Waals surface area contributed by atoms with E-state index in [2.05, 4.69) is 16.3 Å². The fourth-order valence-corrected chi connectivity index (χ4v) is 1.85. The van der Waals surface area contributed by atoms with Gasteiger partial charge in [-0.15, -0.1) is 0 Å². The molecular weight excluding hydrogens is 344 g/mol. The van der Waals surface area contributed by atoms with Crippen LogP contribution < -0.4 is 4.74 Å². The van der Waals surface area contributed by atoms with Crippen molar-refractivity contribution in [3.63, 3.8) is 0 Å². The van der Waals surface area contributed by atoms with E-state index in [4.69, 9.17) is 4.74 Å². The highest BCUT2D eigenvalue weighted by Crippen LogP contribution is 2.42. The van der Waals surface area contributed by atoms with E-state index in [0.717, 1.165) is 13.0 Å². The van der Waals surface area contributed by atoms with Crippen LogP contribution in [-0.4, -0.2) is 24.2 Å². The van der Waals surface area contributed by atoms with Crippen molar-refractivity contribution < 1.29 is 40.6 Å². The van der Waals surface area contributed by atoms with Crippen molar-refractivity contribution >= 4 is 5.97 Å². The largest absolute Gasteiger partial charge is 0.488 e. The highest BCUT2D eigenvalue weighted by atomic mass is 19.4. The number of carbonyl (C=O) groups is 1. The zero-order chi connectivity index (χ0) is 18.7. The molecule has 0 atom stereocenters. The first-order chi connectivity index (χ1) is 10.9. The number of pyridine rings is 1. The normalized spacial score (nSPS) is 12.0. The summed E-state index contributed by atoms with van der Waals surface area (Å²) in [5, 5.41) is 0. The molecule has 0 spiro atoms. The summed E-state index contributed by atoms with van der Waals surface area (Å²) in [5.41, 5.74) is -5.75. The lowest BCUT2D eigenvalue weighted by Crippen LogP contribution is -2.24. The van der Waals surface area contributed by atoms with E-state index >= 15 is 0 Å². The van der Waals surface area contributed by atoms with Crippen LogP contribution in [0.4, 0.5) is 26.3 Å². The number of aromatic nitrogens is 1. The molecule has 1 heterocycles. The molecule has 0 N–H and O–H groups in total. The first-order valence-electron chi connectivity index (χ1n) is 6.54. The number of esters is 1. The van der Waals surface area contributed by atoms with Gasteiger partial charge in [0.2, 0.25) is 0 Å². The predicted octanol–water partition coefficient (Wildman–Crippen LogP) is 4.17. The Balaban J connectivity index is 3.83. The zero-order valence-corrected chi connectivity index (χ0v) is 12.6. The van der Waals surface area contributed by atoms with Gasteiger partial charge in [-0.25, -0.2) is 9.78 Å². The summed E-state index contributed by atoms with van der Waals surface area (Å²) in [6, 6.07) is 0. The Bertz CT molecular complexity index is 637. The molecule has 24 heavy (non-hydrogen) atoms. The molecule has 1 aromatic rings. The molecule has 1 aromatic heterocycles. The summed E-state index contributed by atoms with van der Waals surface area (Å²) in [4.78, 5) is 14.5. The van der Waals surface area contributed by atoms with Gasteiger partial charge in [-0.3, -0.25) is 0 Å². The molecule has 0 unspecified atom stereocenters. The lowest BCUT2D eigenvalue weighted by molar-refractivity contribution is -0.151. The minimum absolute atomic E-state index is 0.281. The third-order valence-electron chi connectivity index (χ3n) is 2.75. The van der Waals surface area contributed by atoms with Crippen LogP contribution in [0.5, 0.6) is 5.75 Å². The number of rotatable bonds is 5. The number of hydrogen-bond donors (Lipinski definition) is 0. The molecule has 0 aliphatic rings. The van der Waals surface area contributed by atoms with E-state index in [0.29, 0.717) is 0 Å². The fourth-order valence-electron chi connectivity index (χ4n) is 1.85. The highest BCUT2D eigenvalue weighted by molar-refractivity contribution is 5.94. The van der Waals surface area contributed by atoms with Crippen molar-refractivity contribution in [1.82, 2.24) is 4.98 Å². The molecule has 0 fully saturated rings. The maximum Gasteiger partial charge on any atom is 0.434 e. The Morgan fingerprint density at radius 2 is 1.71 bits per heavy atom. The minimum atomic E-state index is -5.32. The van der Waals surface area contributed by atoms with Crippen LogP contribution in [-0.2, 0) is 17.1 Å². The number of halogens is 6. The lowest BCUT2D eigenvalue weighted by Gasteiger charge is -2.20. The summed E-state index contributed by atoms with van der Waals surface area (Å²) >= 11 is 0. The Labute approximate surface area is 133 Å². The quantitative estimate of drug-likeness (QED) is 0.451. The van der Waals surface area contributed by atoms with Crippen LogP contribution in [0.25, 0.3) is 0 Å². The molecule has 1 rings (SSSR count). The van der Waals surface area contributed by atoms with Gasteiger partial charge in [-0.05, 0) is 13.8 Å². The number of hydrogen-bond acceptors (Lipinski definition) is 4. The molecule has 0 radical (unpaired) electrons. The van der Waals surface area contributed by atoms with Crippen LogP contribution in [0, 0.1) is 6.92 Å². The second kappa shape index (κ2) is 7.10. The maximum atomic E-state index is 13.1. The number of ether oxygens (including phenoxy) is 2. The van der Waals surface area contributed by atoms with Crippen molar-refractivity contribution in [3.05, 3.63) is 35.2 Å². The van der Waals surface area contributed by atoms with Crippen molar-refractivity contribution in [2.24, 2.45) is 0 Å². The van der Waals surface area contributed by atoms with Gasteiger partial charge in [0.15, 0.2) is 11.4 Å². The summed E-state index contributed by atoms with van der Waals surface area (Å²) in [6.45, 7) is 4.76. The minimum Gasteiger partial charge on any atom is -0.488 e. The standard InChI is InChI=1S/C14H13F6NO3/c1-4-6-24-9-7(3)10(13(15,16)17)21-11(14(18,19)20)8(9)12(22)23-5-2/h4H,1,5-6H2,2-3H3. The fraction of sp³-hybridized carbons (Fsp3) is 0.429. The van der Waals surface area contributed by atoms with Crippen molar-refractivity contribution in [2.45, 2.75) is 26.2 Å². The third-order valence-corrected chi connectivity index (χ3v) is 2.75. The Morgan fingerprint density at radius 3 is 2.12 bits per heavy atom. The first kappa shape index (κ1) is 19.8. The first-order valence-corrected chi connectivity index (χ1v) is 6.54. The second-order valence-corrected chi connectivity index (χ2v) is 4.45. The molecule has 0 saturated heterocycles. The molecule has 0 amide bonds. The lowest BCUT2D eigenvalue weighted by atomic mass is 10.0. The highest BCUT2D eigenvalue weighted by Gasteiger charge is 2.45. The average molecular weight is 357 g/mol. The number of carbonyl (C=O) groups excluding carboxylic acids is 1. The van der Waals surface area contributed by atoms with Gasteiger partial charge in [0.1, 0.15) is 17.9 Å². The average Bonchev–Trinajstić information content (AvgIpc) is 2.43. The van der Waals surface area contributed by atoms with E-state index in [1.165, 1.54) is 6.92 Å². The topological polar surface area (TPSA) is 48.4 Å². The van der Waals surface area contributed by atoms with Crippen LogP contribution in [0.2, 0.25) is 0 Å². The molecule has 10 heteroatoms. The Hall–Kier alpha value is -2.26. The van der Waals surface area contributed by atoms with Crippen molar-refractivity contribution in [1.29, 1.82) is 0 Å². The van der Waals surface area contributed by atoms with Gasteiger partial charge < -0.3 is 9.47 Å². The predicted molar refractivity (Wildman–Crippen MR) is 70.6 cm³/mol. The molecule has 0 aromatic carbocycles. The molecule has 0 saturated carbocycles.